The predicted octanol–water partition coefficient (Wildman–Crippen LogP) is 2.13. The minimum absolute atomic E-state index is 0.0242. The van der Waals surface area contributed by atoms with E-state index in [0.29, 0.717) is 12.4 Å². The van der Waals surface area contributed by atoms with Gasteiger partial charge >= 0.3 is 0 Å². The van der Waals surface area contributed by atoms with Crippen molar-refractivity contribution in [3.63, 3.8) is 0 Å². The van der Waals surface area contributed by atoms with Gasteiger partial charge in [-0.15, -0.1) is 0 Å². The van der Waals surface area contributed by atoms with E-state index < -0.39 is 11.6 Å². The standard InChI is InChI=1S/C17H20F2N4O/c1-22-9-7-20-16(17(22)24)21-12-4-3-8-23(10-12)11-13-14(18)5-2-6-15(13)19/h2,5-7,9,12H,3-4,8,10-11H2,1H3,(H,20,21). The quantitative estimate of drug-likeness (QED) is 0.931. The zero-order chi connectivity index (χ0) is 17.1. The molecule has 1 fully saturated rings. The number of halogens is 2. The van der Waals surface area contributed by atoms with Crippen LogP contribution in [0, 0.1) is 11.6 Å². The van der Waals surface area contributed by atoms with Crippen LogP contribution in [0.1, 0.15) is 18.4 Å². The lowest BCUT2D eigenvalue weighted by Crippen LogP contribution is -2.43. The van der Waals surface area contributed by atoms with Crippen LogP contribution >= 0.6 is 0 Å². The summed E-state index contributed by atoms with van der Waals surface area (Å²) in [6.45, 7) is 1.59. The monoisotopic (exact) mass is 334 g/mol. The molecule has 128 valence electrons. The Morgan fingerprint density at radius 3 is 2.83 bits per heavy atom. The Labute approximate surface area is 138 Å². The van der Waals surface area contributed by atoms with Gasteiger partial charge in [-0.3, -0.25) is 9.69 Å². The number of aryl methyl sites for hydroxylation is 1. The van der Waals surface area contributed by atoms with Crippen LogP contribution in [-0.4, -0.2) is 33.6 Å². The smallest absolute Gasteiger partial charge is 0.293 e. The number of piperidine rings is 1. The summed E-state index contributed by atoms with van der Waals surface area (Å²) < 4.78 is 29.1. The number of aromatic nitrogens is 2. The molecule has 1 saturated heterocycles. The molecule has 0 radical (unpaired) electrons. The summed E-state index contributed by atoms with van der Waals surface area (Å²) in [4.78, 5) is 18.1. The maximum atomic E-state index is 13.8. The minimum atomic E-state index is -0.524. The molecular formula is C17H20F2N4O. The summed E-state index contributed by atoms with van der Waals surface area (Å²) in [6.07, 6.45) is 4.94. The van der Waals surface area contributed by atoms with Crippen LogP contribution in [0.3, 0.4) is 0 Å². The van der Waals surface area contributed by atoms with Crippen molar-refractivity contribution in [2.24, 2.45) is 7.05 Å². The van der Waals surface area contributed by atoms with Crippen molar-refractivity contribution in [3.05, 3.63) is 58.1 Å². The first-order valence-corrected chi connectivity index (χ1v) is 7.98. The average Bonchev–Trinajstić information content (AvgIpc) is 2.56. The van der Waals surface area contributed by atoms with E-state index >= 15 is 0 Å². The van der Waals surface area contributed by atoms with Gasteiger partial charge in [0.25, 0.3) is 5.56 Å². The number of nitrogens with zero attached hydrogens (tertiary/aromatic N) is 3. The van der Waals surface area contributed by atoms with Crippen LogP contribution in [0.5, 0.6) is 0 Å². The molecule has 0 spiro atoms. The zero-order valence-corrected chi connectivity index (χ0v) is 13.5. The SMILES string of the molecule is Cn1ccnc(NC2CCCN(Cc3c(F)cccc3F)C2)c1=O. The van der Waals surface area contributed by atoms with Crippen LogP contribution in [0.4, 0.5) is 14.6 Å². The van der Waals surface area contributed by atoms with Gasteiger partial charge in [-0.05, 0) is 31.5 Å². The Morgan fingerprint density at radius 2 is 2.08 bits per heavy atom. The average molecular weight is 334 g/mol. The van der Waals surface area contributed by atoms with E-state index in [0.717, 1.165) is 19.4 Å². The molecule has 7 heteroatoms. The summed E-state index contributed by atoms with van der Waals surface area (Å²) in [7, 11) is 1.67. The van der Waals surface area contributed by atoms with Crippen molar-refractivity contribution in [3.8, 4) is 0 Å². The normalized spacial score (nSPS) is 18.5. The number of rotatable bonds is 4. The lowest BCUT2D eigenvalue weighted by atomic mass is 10.0. The number of nitrogens with one attached hydrogen (secondary N) is 1. The maximum absolute atomic E-state index is 13.8. The molecule has 1 aromatic heterocycles. The van der Waals surface area contributed by atoms with E-state index in [1.54, 1.807) is 19.4 Å². The summed E-state index contributed by atoms with van der Waals surface area (Å²) in [6, 6.07) is 3.94. The number of benzene rings is 1. The molecule has 2 aromatic rings. The van der Waals surface area contributed by atoms with E-state index in [2.05, 4.69) is 10.3 Å². The van der Waals surface area contributed by atoms with Crippen molar-refractivity contribution < 1.29 is 8.78 Å². The lowest BCUT2D eigenvalue weighted by Gasteiger charge is -2.33. The number of hydrogen-bond donors (Lipinski definition) is 1. The fraction of sp³-hybridized carbons (Fsp3) is 0.412. The first kappa shape index (κ1) is 16.6. The molecule has 1 aromatic carbocycles. The summed E-state index contributed by atoms with van der Waals surface area (Å²) in [5.41, 5.74) is -0.0957. The van der Waals surface area contributed by atoms with E-state index in [9.17, 15) is 13.6 Å². The third-order valence-electron chi connectivity index (χ3n) is 4.31. The van der Waals surface area contributed by atoms with Crippen LogP contribution in [-0.2, 0) is 13.6 Å². The molecular weight excluding hydrogens is 314 g/mol. The van der Waals surface area contributed by atoms with Gasteiger partial charge < -0.3 is 9.88 Å². The molecule has 1 aliphatic heterocycles. The second-order valence-corrected chi connectivity index (χ2v) is 6.11. The van der Waals surface area contributed by atoms with Crippen molar-refractivity contribution >= 4 is 5.82 Å². The van der Waals surface area contributed by atoms with Gasteiger partial charge in [0.15, 0.2) is 5.82 Å². The van der Waals surface area contributed by atoms with E-state index in [-0.39, 0.29) is 23.7 Å². The van der Waals surface area contributed by atoms with Crippen molar-refractivity contribution in [1.82, 2.24) is 14.5 Å². The summed E-state index contributed by atoms with van der Waals surface area (Å²) in [5, 5.41) is 3.16. The molecule has 1 atom stereocenters. The first-order chi connectivity index (χ1) is 11.5. The molecule has 1 N–H and O–H groups in total. The van der Waals surface area contributed by atoms with Crippen LogP contribution < -0.4 is 10.9 Å². The third kappa shape index (κ3) is 3.62. The number of hydrogen-bond acceptors (Lipinski definition) is 4. The molecule has 1 unspecified atom stereocenters. The van der Waals surface area contributed by atoms with E-state index in [1.807, 2.05) is 4.90 Å². The van der Waals surface area contributed by atoms with Gasteiger partial charge in [-0.2, -0.15) is 0 Å². The second-order valence-electron chi connectivity index (χ2n) is 6.11. The molecule has 0 bridgehead atoms. The van der Waals surface area contributed by atoms with Gasteiger partial charge in [-0.1, -0.05) is 6.07 Å². The molecule has 0 amide bonds. The van der Waals surface area contributed by atoms with Gasteiger partial charge in [0.05, 0.1) is 0 Å². The van der Waals surface area contributed by atoms with Crippen molar-refractivity contribution in [2.45, 2.75) is 25.4 Å². The lowest BCUT2D eigenvalue weighted by molar-refractivity contribution is 0.203. The van der Waals surface area contributed by atoms with Crippen LogP contribution in [0.15, 0.2) is 35.4 Å². The largest absolute Gasteiger partial charge is 0.361 e. The Bertz CT molecular complexity index is 757. The third-order valence-corrected chi connectivity index (χ3v) is 4.31. The minimum Gasteiger partial charge on any atom is -0.361 e. The number of likely N-dealkylation sites (tertiary alicyclic amines) is 1. The molecule has 0 saturated carbocycles. The van der Waals surface area contributed by atoms with E-state index in [4.69, 9.17) is 0 Å². The molecule has 0 aliphatic carbocycles. The highest BCUT2D eigenvalue weighted by molar-refractivity contribution is 5.32. The van der Waals surface area contributed by atoms with Gasteiger partial charge in [0.2, 0.25) is 0 Å². The molecule has 1 aliphatic rings. The zero-order valence-electron chi connectivity index (χ0n) is 13.5. The Balaban J connectivity index is 1.68. The highest BCUT2D eigenvalue weighted by Gasteiger charge is 2.23. The molecule has 24 heavy (non-hydrogen) atoms. The molecule has 5 nitrogen and oxygen atoms in total. The Hall–Kier alpha value is -2.28. The van der Waals surface area contributed by atoms with E-state index in [1.165, 1.54) is 22.8 Å². The number of anilines is 1. The Kier molecular flexibility index (Phi) is 4.89. The van der Waals surface area contributed by atoms with Crippen molar-refractivity contribution in [2.75, 3.05) is 18.4 Å². The topological polar surface area (TPSA) is 50.2 Å². The first-order valence-electron chi connectivity index (χ1n) is 7.98. The second kappa shape index (κ2) is 7.09. The van der Waals surface area contributed by atoms with Crippen LogP contribution in [0.25, 0.3) is 0 Å². The highest BCUT2D eigenvalue weighted by Crippen LogP contribution is 2.19. The van der Waals surface area contributed by atoms with Crippen LogP contribution in [0.2, 0.25) is 0 Å². The molecule has 2 heterocycles. The summed E-state index contributed by atoms with van der Waals surface area (Å²) in [5.74, 6) is -0.740. The fourth-order valence-electron chi connectivity index (χ4n) is 3.01. The van der Waals surface area contributed by atoms with Gasteiger partial charge in [0, 0.05) is 44.1 Å². The van der Waals surface area contributed by atoms with Crippen molar-refractivity contribution in [1.29, 1.82) is 0 Å². The fourth-order valence-corrected chi connectivity index (χ4v) is 3.01. The highest BCUT2D eigenvalue weighted by atomic mass is 19.1. The van der Waals surface area contributed by atoms with Gasteiger partial charge in [0.1, 0.15) is 11.6 Å². The summed E-state index contributed by atoms with van der Waals surface area (Å²) >= 11 is 0. The van der Waals surface area contributed by atoms with Gasteiger partial charge in [-0.25, -0.2) is 13.8 Å². The molecule has 3 rings (SSSR count). The predicted molar refractivity (Wildman–Crippen MR) is 87.8 cm³/mol. The maximum Gasteiger partial charge on any atom is 0.293 e. The Morgan fingerprint density at radius 1 is 1.33 bits per heavy atom.